The maximum Gasteiger partial charge on any atom is 0.226 e. The van der Waals surface area contributed by atoms with Crippen LogP contribution in [0.25, 0.3) is 11.1 Å². The number of aromatic nitrogens is 1. The lowest BCUT2D eigenvalue weighted by Crippen LogP contribution is -2.38. The predicted molar refractivity (Wildman–Crippen MR) is 129 cm³/mol. The van der Waals surface area contributed by atoms with Gasteiger partial charge in [0.15, 0.2) is 0 Å². The van der Waals surface area contributed by atoms with E-state index in [9.17, 15) is 4.79 Å². The van der Waals surface area contributed by atoms with Crippen LogP contribution in [0.5, 0.6) is 5.75 Å². The van der Waals surface area contributed by atoms with Gasteiger partial charge in [0.25, 0.3) is 0 Å². The van der Waals surface area contributed by atoms with Crippen LogP contribution in [-0.2, 0) is 11.2 Å². The summed E-state index contributed by atoms with van der Waals surface area (Å²) in [6.07, 6.45) is 9.66. The lowest BCUT2D eigenvalue weighted by molar-refractivity contribution is -0.121. The monoisotopic (exact) mass is 435 g/mol. The molecule has 2 aromatic rings. The van der Waals surface area contributed by atoms with Crippen molar-refractivity contribution < 1.29 is 9.53 Å². The van der Waals surface area contributed by atoms with Crippen LogP contribution < -0.4 is 10.1 Å². The molecule has 1 atom stereocenters. The molecular weight excluding hydrogens is 398 g/mol. The zero-order chi connectivity index (χ0) is 22.3. The summed E-state index contributed by atoms with van der Waals surface area (Å²) in [5.41, 5.74) is 2.97. The van der Waals surface area contributed by atoms with E-state index < -0.39 is 0 Å². The largest absolute Gasteiger partial charge is 0.493 e. The highest BCUT2D eigenvalue weighted by Gasteiger charge is 2.23. The number of ether oxygens (including phenoxy) is 1. The molecule has 0 bridgehead atoms. The van der Waals surface area contributed by atoms with E-state index in [1.807, 2.05) is 30.5 Å². The molecule has 4 rings (SSSR count). The van der Waals surface area contributed by atoms with Crippen LogP contribution in [0.2, 0.25) is 0 Å². The summed E-state index contributed by atoms with van der Waals surface area (Å²) in [6, 6.07) is 12.5. The molecule has 2 fully saturated rings. The van der Waals surface area contributed by atoms with Crippen LogP contribution in [-0.4, -0.2) is 48.6 Å². The third kappa shape index (κ3) is 6.32. The van der Waals surface area contributed by atoms with Crippen molar-refractivity contribution in [3.05, 3.63) is 48.3 Å². The van der Waals surface area contributed by atoms with E-state index in [2.05, 4.69) is 41.3 Å². The van der Waals surface area contributed by atoms with Crippen molar-refractivity contribution in [3.63, 3.8) is 0 Å². The molecular formula is C27H37N3O2. The minimum atomic E-state index is 0.0655. The Kier molecular flexibility index (Phi) is 7.80. The fraction of sp³-hybridized carbons (Fsp3) is 0.556. The molecule has 0 spiro atoms. The van der Waals surface area contributed by atoms with Gasteiger partial charge in [0.1, 0.15) is 5.75 Å². The SMILES string of the molecule is C[C@@H](NC(=O)Cc1ccc(-c2ccc(OCC3CCN(C)CC3)cc2)cn1)C1CCCC1. The minimum Gasteiger partial charge on any atom is -0.493 e. The summed E-state index contributed by atoms with van der Waals surface area (Å²) >= 11 is 0. The number of carbonyl (C=O) groups is 1. The summed E-state index contributed by atoms with van der Waals surface area (Å²) in [5, 5.41) is 3.17. The molecule has 32 heavy (non-hydrogen) atoms. The van der Waals surface area contributed by atoms with Crippen LogP contribution in [0, 0.1) is 11.8 Å². The van der Waals surface area contributed by atoms with Gasteiger partial charge in [-0.05, 0) is 88.3 Å². The Labute approximate surface area is 192 Å². The second-order valence-corrected chi connectivity index (χ2v) is 9.70. The molecule has 0 unspecified atom stereocenters. The Morgan fingerprint density at radius 3 is 2.41 bits per heavy atom. The zero-order valence-corrected chi connectivity index (χ0v) is 19.6. The Bertz CT molecular complexity index is 851. The van der Waals surface area contributed by atoms with Gasteiger partial charge in [0.2, 0.25) is 5.91 Å². The Balaban J connectivity index is 1.25. The van der Waals surface area contributed by atoms with E-state index in [1.54, 1.807) is 0 Å². The average Bonchev–Trinajstić information content (AvgIpc) is 3.35. The van der Waals surface area contributed by atoms with Gasteiger partial charge < -0.3 is 15.0 Å². The van der Waals surface area contributed by atoms with Crippen molar-refractivity contribution in [1.29, 1.82) is 0 Å². The Morgan fingerprint density at radius 1 is 1.06 bits per heavy atom. The van der Waals surface area contributed by atoms with Gasteiger partial charge in [-0.1, -0.05) is 31.0 Å². The van der Waals surface area contributed by atoms with E-state index in [4.69, 9.17) is 4.74 Å². The molecule has 5 nitrogen and oxygen atoms in total. The van der Waals surface area contributed by atoms with Crippen LogP contribution in [0.15, 0.2) is 42.6 Å². The maximum atomic E-state index is 12.4. The summed E-state index contributed by atoms with van der Waals surface area (Å²) in [6.45, 7) is 5.25. The van der Waals surface area contributed by atoms with E-state index >= 15 is 0 Å². The highest BCUT2D eigenvalue weighted by atomic mass is 16.5. The van der Waals surface area contributed by atoms with Gasteiger partial charge >= 0.3 is 0 Å². The number of likely N-dealkylation sites (tertiary alicyclic amines) is 1. The molecule has 1 saturated heterocycles. The highest BCUT2D eigenvalue weighted by molar-refractivity contribution is 5.78. The summed E-state index contributed by atoms with van der Waals surface area (Å²) in [7, 11) is 2.18. The quantitative estimate of drug-likeness (QED) is 0.653. The maximum absolute atomic E-state index is 12.4. The molecule has 2 aliphatic rings. The molecule has 5 heteroatoms. The number of nitrogens with one attached hydrogen (secondary N) is 1. The first kappa shape index (κ1) is 22.8. The number of pyridine rings is 1. The molecule has 1 aromatic carbocycles. The molecule has 1 aliphatic carbocycles. The lowest BCUT2D eigenvalue weighted by atomic mass is 9.98. The van der Waals surface area contributed by atoms with Gasteiger partial charge in [0.05, 0.1) is 13.0 Å². The molecule has 1 aliphatic heterocycles. The number of carbonyl (C=O) groups excluding carboxylic acids is 1. The normalized spacial score (nSPS) is 19.1. The van der Waals surface area contributed by atoms with Crippen molar-refractivity contribution in [2.45, 2.75) is 57.9 Å². The van der Waals surface area contributed by atoms with E-state index in [-0.39, 0.29) is 11.9 Å². The first-order chi connectivity index (χ1) is 15.6. The number of hydrogen-bond acceptors (Lipinski definition) is 4. The number of benzene rings is 1. The van der Waals surface area contributed by atoms with Crippen molar-refractivity contribution in [3.8, 4) is 16.9 Å². The van der Waals surface area contributed by atoms with Crippen molar-refractivity contribution >= 4 is 5.91 Å². The van der Waals surface area contributed by atoms with E-state index in [1.165, 1.54) is 38.5 Å². The molecule has 172 valence electrons. The zero-order valence-electron chi connectivity index (χ0n) is 19.6. The van der Waals surface area contributed by atoms with Gasteiger partial charge in [-0.15, -0.1) is 0 Å². The lowest BCUT2D eigenvalue weighted by Gasteiger charge is -2.28. The van der Waals surface area contributed by atoms with Crippen LogP contribution in [0.3, 0.4) is 0 Å². The third-order valence-corrected chi connectivity index (χ3v) is 7.17. The van der Waals surface area contributed by atoms with Crippen LogP contribution >= 0.6 is 0 Å². The molecule has 2 heterocycles. The summed E-state index contributed by atoms with van der Waals surface area (Å²) < 4.78 is 6.02. The predicted octanol–water partition coefficient (Wildman–Crippen LogP) is 4.71. The van der Waals surface area contributed by atoms with Gasteiger partial charge in [-0.25, -0.2) is 0 Å². The molecule has 0 radical (unpaired) electrons. The van der Waals surface area contributed by atoms with Crippen molar-refractivity contribution in [2.75, 3.05) is 26.7 Å². The van der Waals surface area contributed by atoms with Crippen LogP contribution in [0.1, 0.15) is 51.1 Å². The third-order valence-electron chi connectivity index (χ3n) is 7.17. The second kappa shape index (κ2) is 11.0. The second-order valence-electron chi connectivity index (χ2n) is 9.70. The van der Waals surface area contributed by atoms with Gasteiger partial charge in [-0.2, -0.15) is 0 Å². The smallest absolute Gasteiger partial charge is 0.226 e. The molecule has 1 N–H and O–H groups in total. The number of nitrogens with zero attached hydrogens (tertiary/aromatic N) is 2. The van der Waals surface area contributed by atoms with Gasteiger partial charge in [0, 0.05) is 23.5 Å². The standard InChI is InChI=1S/C27H37N3O2/c1-20(22-5-3-4-6-22)29-27(31)17-25-10-7-24(18-28-25)23-8-11-26(12-9-23)32-19-21-13-15-30(2)16-14-21/h7-12,18,20-22H,3-6,13-17,19H2,1-2H3,(H,29,31)/t20-/m1/s1. The first-order valence-electron chi connectivity index (χ1n) is 12.2. The number of hydrogen-bond donors (Lipinski definition) is 1. The fourth-order valence-corrected chi connectivity index (χ4v) is 4.93. The molecule has 1 aromatic heterocycles. The van der Waals surface area contributed by atoms with Gasteiger partial charge in [-0.3, -0.25) is 9.78 Å². The van der Waals surface area contributed by atoms with E-state index in [0.29, 0.717) is 18.3 Å². The summed E-state index contributed by atoms with van der Waals surface area (Å²) in [5.74, 6) is 2.27. The molecule has 1 amide bonds. The number of rotatable bonds is 8. The topological polar surface area (TPSA) is 54.5 Å². The minimum absolute atomic E-state index is 0.0655. The first-order valence-corrected chi connectivity index (χ1v) is 12.2. The van der Waals surface area contributed by atoms with E-state index in [0.717, 1.165) is 42.3 Å². The highest BCUT2D eigenvalue weighted by Crippen LogP contribution is 2.27. The fourth-order valence-electron chi connectivity index (χ4n) is 4.93. The van der Waals surface area contributed by atoms with Crippen LogP contribution in [0.4, 0.5) is 0 Å². The number of amides is 1. The number of piperidine rings is 1. The Morgan fingerprint density at radius 2 is 1.75 bits per heavy atom. The summed E-state index contributed by atoms with van der Waals surface area (Å²) in [4.78, 5) is 19.3. The van der Waals surface area contributed by atoms with Crippen molar-refractivity contribution in [1.82, 2.24) is 15.2 Å². The molecule has 1 saturated carbocycles. The average molecular weight is 436 g/mol. The Hall–Kier alpha value is -2.40. The van der Waals surface area contributed by atoms with Crippen molar-refractivity contribution in [2.24, 2.45) is 11.8 Å².